The second-order valence-electron chi connectivity index (χ2n) is 2.47. The third-order valence-corrected chi connectivity index (χ3v) is 6.67. The zero-order valence-corrected chi connectivity index (χ0v) is 17.9. The van der Waals surface area contributed by atoms with Crippen LogP contribution < -0.4 is 59.1 Å². The fourth-order valence-electron chi connectivity index (χ4n) is 0.559. The van der Waals surface area contributed by atoms with Crippen LogP contribution in [0.3, 0.4) is 0 Å². The van der Waals surface area contributed by atoms with Gasteiger partial charge in [0.15, 0.2) is 8.68 Å². The molecular formula is C4H4N2Na2O6S5. The molecular weight excluding hydrogens is 378 g/mol. The Balaban J connectivity index is 0. The number of rotatable bonds is 6. The Morgan fingerprint density at radius 3 is 1.47 bits per heavy atom. The van der Waals surface area contributed by atoms with E-state index in [1.54, 1.807) is 0 Å². The molecule has 0 spiro atoms. The molecule has 0 saturated heterocycles. The van der Waals surface area contributed by atoms with Crippen LogP contribution in [0, 0.1) is 0 Å². The van der Waals surface area contributed by atoms with Crippen LogP contribution in [0.5, 0.6) is 0 Å². The standard InChI is InChI=1S/C4H6N2O6S5.2Na/c7-16(8,9)1-13-3-5-6-4(15-3)14-2-17(10,11)12;;/h1-2H2,(H,7,8,9)(H,10,11,12);;/q;2*+1/p-2. The molecule has 0 saturated carbocycles. The van der Waals surface area contributed by atoms with Gasteiger partial charge in [-0.2, -0.15) is 0 Å². The van der Waals surface area contributed by atoms with Crippen molar-refractivity contribution in [2.75, 3.05) is 10.2 Å². The molecule has 98 valence electrons. The molecule has 8 nitrogen and oxygen atoms in total. The van der Waals surface area contributed by atoms with Crippen LogP contribution in [0.4, 0.5) is 0 Å². The van der Waals surface area contributed by atoms with E-state index in [-0.39, 0.29) is 67.8 Å². The first-order chi connectivity index (χ1) is 7.66. The predicted molar refractivity (Wildman–Crippen MR) is 60.8 cm³/mol. The van der Waals surface area contributed by atoms with Crippen LogP contribution in [-0.2, 0) is 20.2 Å². The summed E-state index contributed by atoms with van der Waals surface area (Å²) in [7, 11) is -8.70. The van der Waals surface area contributed by atoms with E-state index in [0.29, 0.717) is 23.5 Å². The first-order valence-electron chi connectivity index (χ1n) is 3.62. The molecule has 0 radical (unpaired) electrons. The van der Waals surface area contributed by atoms with Gasteiger partial charge in [0.1, 0.15) is 20.2 Å². The Morgan fingerprint density at radius 1 is 0.895 bits per heavy atom. The van der Waals surface area contributed by atoms with Crippen LogP contribution in [0.1, 0.15) is 0 Å². The van der Waals surface area contributed by atoms with Gasteiger partial charge in [0.2, 0.25) is 0 Å². The molecule has 0 amide bonds. The van der Waals surface area contributed by atoms with Crippen molar-refractivity contribution in [1.82, 2.24) is 10.2 Å². The topological polar surface area (TPSA) is 140 Å². The van der Waals surface area contributed by atoms with Crippen molar-refractivity contribution in [3.8, 4) is 0 Å². The van der Waals surface area contributed by atoms with Crippen LogP contribution in [0.15, 0.2) is 8.68 Å². The minimum absolute atomic E-state index is 0. The van der Waals surface area contributed by atoms with Crippen LogP contribution in [0.25, 0.3) is 0 Å². The minimum atomic E-state index is -4.35. The van der Waals surface area contributed by atoms with E-state index in [4.69, 9.17) is 0 Å². The van der Waals surface area contributed by atoms with Crippen molar-refractivity contribution in [2.45, 2.75) is 8.68 Å². The third-order valence-electron chi connectivity index (χ3n) is 1.04. The molecule has 0 aromatic carbocycles. The Kier molecular flexibility index (Phi) is 12.2. The third kappa shape index (κ3) is 12.3. The van der Waals surface area contributed by atoms with Gasteiger partial charge >= 0.3 is 59.1 Å². The van der Waals surface area contributed by atoms with Crippen molar-refractivity contribution in [3.63, 3.8) is 0 Å². The van der Waals surface area contributed by atoms with Gasteiger partial charge in [-0.1, -0.05) is 34.9 Å². The molecule has 0 N–H and O–H groups in total. The number of aromatic nitrogens is 2. The van der Waals surface area contributed by atoms with Crippen molar-refractivity contribution < 1.29 is 85.1 Å². The molecule has 1 aromatic rings. The van der Waals surface area contributed by atoms with Crippen molar-refractivity contribution >= 4 is 55.1 Å². The Labute approximate surface area is 167 Å². The van der Waals surface area contributed by atoms with Gasteiger partial charge in [-0.25, -0.2) is 16.8 Å². The molecule has 15 heteroatoms. The summed E-state index contributed by atoms with van der Waals surface area (Å²) < 4.78 is 62.4. The molecule has 0 fully saturated rings. The monoisotopic (exact) mass is 382 g/mol. The van der Waals surface area contributed by atoms with Crippen LogP contribution in [0.2, 0.25) is 0 Å². The summed E-state index contributed by atoms with van der Waals surface area (Å²) in [6, 6.07) is 0. The maximum absolute atomic E-state index is 10.3. The molecule has 1 heterocycles. The Hall–Kier alpha value is 2.08. The van der Waals surface area contributed by atoms with E-state index in [0.717, 1.165) is 11.3 Å². The number of nitrogens with zero attached hydrogens (tertiary/aromatic N) is 2. The molecule has 0 aliphatic heterocycles. The zero-order chi connectivity index (χ0) is 13.1. The molecule has 1 rings (SSSR count). The Morgan fingerprint density at radius 2 is 1.21 bits per heavy atom. The van der Waals surface area contributed by atoms with Crippen molar-refractivity contribution in [2.24, 2.45) is 0 Å². The Bertz CT molecular complexity index is 534. The molecule has 0 atom stereocenters. The van der Waals surface area contributed by atoms with E-state index in [1.807, 2.05) is 0 Å². The van der Waals surface area contributed by atoms with Gasteiger partial charge in [0.05, 0.1) is 10.2 Å². The van der Waals surface area contributed by atoms with E-state index < -0.39 is 30.4 Å². The zero-order valence-electron chi connectivity index (χ0n) is 9.80. The van der Waals surface area contributed by atoms with E-state index >= 15 is 0 Å². The molecule has 1 aromatic heterocycles. The predicted octanol–water partition coefficient (Wildman–Crippen LogP) is -6.26. The van der Waals surface area contributed by atoms with Crippen molar-refractivity contribution in [1.29, 1.82) is 0 Å². The molecule has 0 aliphatic rings. The van der Waals surface area contributed by atoms with Crippen LogP contribution >= 0.6 is 34.9 Å². The van der Waals surface area contributed by atoms with Gasteiger partial charge < -0.3 is 9.11 Å². The van der Waals surface area contributed by atoms with Gasteiger partial charge in [0.25, 0.3) is 0 Å². The maximum atomic E-state index is 10.3. The largest absolute Gasteiger partial charge is 1.00 e. The van der Waals surface area contributed by atoms with Gasteiger partial charge in [-0.15, -0.1) is 10.2 Å². The number of thioether (sulfide) groups is 2. The van der Waals surface area contributed by atoms with E-state index in [9.17, 15) is 25.9 Å². The fraction of sp³-hybridized carbons (Fsp3) is 0.500. The van der Waals surface area contributed by atoms with Gasteiger partial charge in [0, 0.05) is 0 Å². The second-order valence-corrected chi connectivity index (χ2v) is 9.44. The normalized spacial score (nSPS) is 11.5. The van der Waals surface area contributed by atoms with Gasteiger partial charge in [-0.05, 0) is 0 Å². The summed E-state index contributed by atoms with van der Waals surface area (Å²) in [4.78, 5) is 0. The molecule has 19 heavy (non-hydrogen) atoms. The molecule has 0 bridgehead atoms. The van der Waals surface area contributed by atoms with E-state index in [1.165, 1.54) is 0 Å². The first kappa shape index (κ1) is 23.3. The average Bonchev–Trinajstić information content (AvgIpc) is 2.57. The first-order valence-corrected chi connectivity index (χ1v) is 9.56. The van der Waals surface area contributed by atoms with Gasteiger partial charge in [-0.3, -0.25) is 0 Å². The van der Waals surface area contributed by atoms with Crippen molar-refractivity contribution in [3.05, 3.63) is 0 Å². The maximum Gasteiger partial charge on any atom is 1.00 e. The number of hydrogen-bond donors (Lipinski definition) is 0. The SMILES string of the molecule is O=S(=O)([O-])CSc1nnc(SCS(=O)(=O)[O-])s1.[Na+].[Na+]. The summed E-state index contributed by atoms with van der Waals surface area (Å²) in [5.41, 5.74) is 0. The average molecular weight is 382 g/mol. The van der Waals surface area contributed by atoms with Crippen LogP contribution in [-0.4, -0.2) is 46.3 Å². The molecule has 0 unspecified atom stereocenters. The smallest absolute Gasteiger partial charge is 0.747 e. The summed E-state index contributed by atoms with van der Waals surface area (Å²) in [6.45, 7) is 0. The van der Waals surface area contributed by atoms with E-state index in [2.05, 4.69) is 10.2 Å². The summed E-state index contributed by atoms with van der Waals surface area (Å²) in [5, 5.41) is 5.71. The fourth-order valence-corrected chi connectivity index (χ4v) is 5.00. The summed E-state index contributed by atoms with van der Waals surface area (Å²) in [5.74, 6) is 0. The summed E-state index contributed by atoms with van der Waals surface area (Å²) in [6.07, 6.45) is 0. The number of hydrogen-bond acceptors (Lipinski definition) is 11. The summed E-state index contributed by atoms with van der Waals surface area (Å²) >= 11 is 2.28. The quantitative estimate of drug-likeness (QED) is 0.265. The minimum Gasteiger partial charge on any atom is -0.747 e. The second kappa shape index (κ2) is 9.97. The molecule has 0 aliphatic carbocycles.